The van der Waals surface area contributed by atoms with E-state index in [-0.39, 0.29) is 5.56 Å². The Bertz CT molecular complexity index is 401. The number of alkyl halides is 2. The third kappa shape index (κ3) is 2.74. The second-order valence-corrected chi connectivity index (χ2v) is 5.02. The molecule has 2 nitrogen and oxygen atoms in total. The van der Waals surface area contributed by atoms with E-state index in [1.807, 2.05) is 11.9 Å². The number of anilines is 2. The summed E-state index contributed by atoms with van der Waals surface area (Å²) in [7, 11) is 1.91. The standard InChI is InChI=1S/C14H20F2N2/c1-18(11-5-3-2-4-6-11)13-8-7-10(17)9-12(13)14(15)16/h7-9,11,14H,2-6,17H2,1H3. The quantitative estimate of drug-likeness (QED) is 0.827. The monoisotopic (exact) mass is 254 g/mol. The third-order valence-electron chi connectivity index (χ3n) is 3.79. The van der Waals surface area contributed by atoms with Gasteiger partial charge in [-0.2, -0.15) is 0 Å². The van der Waals surface area contributed by atoms with Crippen LogP contribution < -0.4 is 10.6 Å². The van der Waals surface area contributed by atoms with Crippen molar-refractivity contribution in [1.82, 2.24) is 0 Å². The van der Waals surface area contributed by atoms with Crippen LogP contribution in [0.5, 0.6) is 0 Å². The van der Waals surface area contributed by atoms with E-state index in [1.165, 1.54) is 25.3 Å². The number of nitrogen functional groups attached to an aromatic ring is 1. The molecule has 2 N–H and O–H groups in total. The summed E-state index contributed by atoms with van der Waals surface area (Å²) >= 11 is 0. The van der Waals surface area contributed by atoms with E-state index >= 15 is 0 Å². The molecule has 0 aromatic heterocycles. The molecule has 0 radical (unpaired) electrons. The molecule has 0 heterocycles. The molecule has 1 aliphatic rings. The second-order valence-electron chi connectivity index (χ2n) is 5.02. The van der Waals surface area contributed by atoms with Crippen LogP contribution in [0.25, 0.3) is 0 Å². The molecule has 2 rings (SSSR count). The summed E-state index contributed by atoms with van der Waals surface area (Å²) in [4.78, 5) is 2.00. The number of halogens is 2. The Balaban J connectivity index is 2.25. The Kier molecular flexibility index (Phi) is 4.04. The highest BCUT2D eigenvalue weighted by Gasteiger charge is 2.22. The van der Waals surface area contributed by atoms with Gasteiger partial charge >= 0.3 is 0 Å². The van der Waals surface area contributed by atoms with Gasteiger partial charge in [0.25, 0.3) is 6.43 Å². The molecule has 0 atom stereocenters. The van der Waals surface area contributed by atoms with Crippen molar-refractivity contribution in [1.29, 1.82) is 0 Å². The predicted molar refractivity (Wildman–Crippen MR) is 71.1 cm³/mol. The summed E-state index contributed by atoms with van der Waals surface area (Å²) in [5, 5.41) is 0. The summed E-state index contributed by atoms with van der Waals surface area (Å²) in [6, 6.07) is 5.17. The number of nitrogens with two attached hydrogens (primary N) is 1. The molecule has 0 bridgehead atoms. The third-order valence-corrected chi connectivity index (χ3v) is 3.79. The summed E-state index contributed by atoms with van der Waals surface area (Å²) in [6.45, 7) is 0. The average Bonchev–Trinajstić information content (AvgIpc) is 2.39. The highest BCUT2D eigenvalue weighted by atomic mass is 19.3. The van der Waals surface area contributed by atoms with Crippen molar-refractivity contribution >= 4 is 11.4 Å². The Morgan fingerprint density at radius 1 is 1.22 bits per heavy atom. The Labute approximate surface area is 107 Å². The first-order chi connectivity index (χ1) is 8.59. The van der Waals surface area contributed by atoms with Gasteiger partial charge < -0.3 is 10.6 Å². The molecular weight excluding hydrogens is 234 g/mol. The van der Waals surface area contributed by atoms with Gasteiger partial charge in [-0.05, 0) is 31.0 Å². The van der Waals surface area contributed by atoms with Gasteiger partial charge in [0, 0.05) is 30.0 Å². The molecule has 18 heavy (non-hydrogen) atoms. The molecule has 0 aliphatic heterocycles. The SMILES string of the molecule is CN(c1ccc(N)cc1C(F)F)C1CCCCC1. The first kappa shape index (κ1) is 13.1. The lowest BCUT2D eigenvalue weighted by molar-refractivity contribution is 0.151. The van der Waals surface area contributed by atoms with Crippen LogP contribution in [0.1, 0.15) is 44.1 Å². The molecule has 1 fully saturated rings. The van der Waals surface area contributed by atoms with Crippen LogP contribution in [0.3, 0.4) is 0 Å². The molecule has 4 heteroatoms. The molecule has 1 aromatic rings. The van der Waals surface area contributed by atoms with E-state index in [4.69, 9.17) is 5.73 Å². The first-order valence-corrected chi connectivity index (χ1v) is 6.50. The zero-order chi connectivity index (χ0) is 13.1. The van der Waals surface area contributed by atoms with E-state index in [0.29, 0.717) is 17.4 Å². The lowest BCUT2D eigenvalue weighted by Crippen LogP contribution is -2.34. The van der Waals surface area contributed by atoms with Crippen molar-refractivity contribution in [3.05, 3.63) is 23.8 Å². The maximum atomic E-state index is 13.1. The van der Waals surface area contributed by atoms with E-state index < -0.39 is 6.43 Å². The summed E-state index contributed by atoms with van der Waals surface area (Å²) < 4.78 is 26.1. The Morgan fingerprint density at radius 3 is 2.50 bits per heavy atom. The minimum absolute atomic E-state index is 0.0445. The fourth-order valence-electron chi connectivity index (χ4n) is 2.73. The van der Waals surface area contributed by atoms with E-state index in [9.17, 15) is 8.78 Å². The van der Waals surface area contributed by atoms with Crippen molar-refractivity contribution in [2.24, 2.45) is 0 Å². The maximum Gasteiger partial charge on any atom is 0.265 e. The number of rotatable bonds is 3. The molecule has 0 saturated heterocycles. The fourth-order valence-corrected chi connectivity index (χ4v) is 2.73. The zero-order valence-corrected chi connectivity index (χ0v) is 10.7. The van der Waals surface area contributed by atoms with Gasteiger partial charge in [0.1, 0.15) is 0 Å². The summed E-state index contributed by atoms with van der Waals surface area (Å²) in [5.74, 6) is 0. The maximum absolute atomic E-state index is 13.1. The minimum Gasteiger partial charge on any atom is -0.399 e. The molecule has 1 aliphatic carbocycles. The smallest absolute Gasteiger partial charge is 0.265 e. The molecule has 0 unspecified atom stereocenters. The molecular formula is C14H20F2N2. The van der Waals surface area contributed by atoms with Gasteiger partial charge in [0.2, 0.25) is 0 Å². The van der Waals surface area contributed by atoms with Crippen LogP contribution in [-0.2, 0) is 0 Å². The fraction of sp³-hybridized carbons (Fsp3) is 0.571. The summed E-state index contributed by atoms with van der Waals surface area (Å²) in [6.07, 6.45) is 3.33. The number of benzene rings is 1. The highest BCUT2D eigenvalue weighted by Crippen LogP contribution is 2.34. The van der Waals surface area contributed by atoms with E-state index in [2.05, 4.69) is 0 Å². The Morgan fingerprint density at radius 2 is 1.89 bits per heavy atom. The van der Waals surface area contributed by atoms with Gasteiger partial charge in [-0.1, -0.05) is 19.3 Å². The molecule has 0 spiro atoms. The lowest BCUT2D eigenvalue weighted by Gasteiger charge is -2.34. The molecule has 0 amide bonds. The average molecular weight is 254 g/mol. The number of hydrogen-bond acceptors (Lipinski definition) is 2. The normalized spacial score (nSPS) is 17.1. The van der Waals surface area contributed by atoms with Gasteiger partial charge in [0.05, 0.1) is 0 Å². The van der Waals surface area contributed by atoms with Crippen LogP contribution in [0.15, 0.2) is 18.2 Å². The molecule has 100 valence electrons. The Hall–Kier alpha value is -1.32. The second kappa shape index (κ2) is 5.55. The van der Waals surface area contributed by atoms with Crippen LogP contribution in [0.4, 0.5) is 20.2 Å². The van der Waals surface area contributed by atoms with Crippen molar-refractivity contribution in [3.63, 3.8) is 0 Å². The number of nitrogens with zero attached hydrogens (tertiary/aromatic N) is 1. The van der Waals surface area contributed by atoms with E-state index in [1.54, 1.807) is 12.1 Å². The van der Waals surface area contributed by atoms with Gasteiger partial charge in [0.15, 0.2) is 0 Å². The molecule has 1 saturated carbocycles. The predicted octanol–water partition coefficient (Wildman–Crippen LogP) is 3.98. The van der Waals surface area contributed by atoms with Crippen molar-refractivity contribution < 1.29 is 8.78 Å². The number of hydrogen-bond donors (Lipinski definition) is 1. The van der Waals surface area contributed by atoms with Crippen LogP contribution in [-0.4, -0.2) is 13.1 Å². The van der Waals surface area contributed by atoms with Crippen LogP contribution in [0.2, 0.25) is 0 Å². The first-order valence-electron chi connectivity index (χ1n) is 6.50. The van der Waals surface area contributed by atoms with Crippen LogP contribution in [0, 0.1) is 0 Å². The van der Waals surface area contributed by atoms with Crippen molar-refractivity contribution in [2.45, 2.75) is 44.6 Å². The topological polar surface area (TPSA) is 29.3 Å². The minimum atomic E-state index is -2.48. The molecule has 1 aromatic carbocycles. The highest BCUT2D eigenvalue weighted by molar-refractivity contribution is 5.60. The van der Waals surface area contributed by atoms with Crippen molar-refractivity contribution in [2.75, 3.05) is 17.7 Å². The van der Waals surface area contributed by atoms with E-state index in [0.717, 1.165) is 12.8 Å². The summed E-state index contributed by atoms with van der Waals surface area (Å²) in [5.41, 5.74) is 6.65. The van der Waals surface area contributed by atoms with Gasteiger partial charge in [-0.3, -0.25) is 0 Å². The zero-order valence-electron chi connectivity index (χ0n) is 10.7. The van der Waals surface area contributed by atoms with Crippen LogP contribution >= 0.6 is 0 Å². The largest absolute Gasteiger partial charge is 0.399 e. The van der Waals surface area contributed by atoms with Gasteiger partial charge in [-0.25, -0.2) is 8.78 Å². The lowest BCUT2D eigenvalue weighted by atomic mass is 9.93. The van der Waals surface area contributed by atoms with Crippen molar-refractivity contribution in [3.8, 4) is 0 Å². The van der Waals surface area contributed by atoms with Gasteiger partial charge in [-0.15, -0.1) is 0 Å².